The molecule has 2 heterocycles. The van der Waals surface area contributed by atoms with Crippen molar-refractivity contribution in [2.75, 3.05) is 5.32 Å². The van der Waals surface area contributed by atoms with Crippen LogP contribution in [0.2, 0.25) is 0 Å². The maximum absolute atomic E-state index is 5.73. The Morgan fingerprint density at radius 1 is 1.25 bits per heavy atom. The molecule has 0 saturated heterocycles. The van der Waals surface area contributed by atoms with Gasteiger partial charge in [-0.15, -0.1) is 11.3 Å². The molecule has 0 aromatic carbocycles. The van der Waals surface area contributed by atoms with Gasteiger partial charge in [0.25, 0.3) is 0 Å². The molecule has 0 spiro atoms. The molecular weight excluding hydrogens is 270 g/mol. The number of thiazole rings is 1. The quantitative estimate of drug-likeness (QED) is 0.900. The van der Waals surface area contributed by atoms with Crippen LogP contribution in [0.15, 0.2) is 18.3 Å². The molecule has 0 fully saturated rings. The van der Waals surface area contributed by atoms with E-state index in [9.17, 15) is 0 Å². The number of pyridine rings is 1. The van der Waals surface area contributed by atoms with Crippen molar-refractivity contribution in [3.63, 3.8) is 0 Å². The first-order chi connectivity index (χ1) is 9.47. The SMILES string of the molecule is Cc1nc(C(C)Nc2cccnc2OC(C)C)c(C)s1. The number of ether oxygens (including phenoxy) is 1. The van der Waals surface area contributed by atoms with Gasteiger partial charge in [-0.05, 0) is 46.8 Å². The van der Waals surface area contributed by atoms with Crippen LogP contribution < -0.4 is 10.1 Å². The number of nitrogens with one attached hydrogen (secondary N) is 1. The minimum Gasteiger partial charge on any atom is -0.473 e. The molecule has 1 atom stereocenters. The summed E-state index contributed by atoms with van der Waals surface area (Å²) in [6.07, 6.45) is 1.84. The van der Waals surface area contributed by atoms with Gasteiger partial charge in [0.1, 0.15) is 0 Å². The zero-order valence-corrected chi connectivity index (χ0v) is 13.4. The molecule has 1 unspecified atom stereocenters. The molecule has 108 valence electrons. The predicted molar refractivity (Wildman–Crippen MR) is 83.6 cm³/mol. The number of anilines is 1. The Kier molecular flexibility index (Phi) is 4.60. The van der Waals surface area contributed by atoms with Gasteiger partial charge in [0.15, 0.2) is 0 Å². The molecule has 2 aromatic rings. The standard InChI is InChI=1S/C15H21N3OS/c1-9(2)19-15-13(7-6-8-16-15)17-10(3)14-11(4)20-12(5)18-14/h6-10,17H,1-5H3. The van der Waals surface area contributed by atoms with Crippen LogP contribution in [0, 0.1) is 13.8 Å². The van der Waals surface area contributed by atoms with Crippen molar-refractivity contribution in [2.24, 2.45) is 0 Å². The van der Waals surface area contributed by atoms with E-state index in [0.29, 0.717) is 5.88 Å². The third-order valence-electron chi connectivity index (χ3n) is 2.84. The monoisotopic (exact) mass is 291 g/mol. The van der Waals surface area contributed by atoms with Crippen molar-refractivity contribution in [3.05, 3.63) is 33.9 Å². The van der Waals surface area contributed by atoms with Gasteiger partial charge in [0, 0.05) is 11.1 Å². The molecule has 4 nitrogen and oxygen atoms in total. The maximum atomic E-state index is 5.73. The van der Waals surface area contributed by atoms with E-state index in [4.69, 9.17) is 4.74 Å². The smallest absolute Gasteiger partial charge is 0.237 e. The molecule has 0 radical (unpaired) electrons. The van der Waals surface area contributed by atoms with Crippen LogP contribution in [-0.2, 0) is 0 Å². The average molecular weight is 291 g/mol. The highest BCUT2D eigenvalue weighted by molar-refractivity contribution is 7.11. The Bertz CT molecular complexity index is 580. The highest BCUT2D eigenvalue weighted by Crippen LogP contribution is 2.29. The second-order valence-electron chi connectivity index (χ2n) is 5.06. The van der Waals surface area contributed by atoms with E-state index < -0.39 is 0 Å². The van der Waals surface area contributed by atoms with E-state index in [2.05, 4.69) is 29.1 Å². The van der Waals surface area contributed by atoms with Crippen LogP contribution in [-0.4, -0.2) is 16.1 Å². The number of rotatable bonds is 5. The highest BCUT2D eigenvalue weighted by Gasteiger charge is 2.15. The summed E-state index contributed by atoms with van der Waals surface area (Å²) in [6.45, 7) is 10.2. The number of hydrogen-bond donors (Lipinski definition) is 1. The van der Waals surface area contributed by atoms with Crippen LogP contribution in [0.4, 0.5) is 5.69 Å². The van der Waals surface area contributed by atoms with Crippen molar-refractivity contribution in [3.8, 4) is 5.88 Å². The van der Waals surface area contributed by atoms with Gasteiger partial charge < -0.3 is 10.1 Å². The predicted octanol–water partition coefficient (Wildman–Crippen LogP) is 4.12. The summed E-state index contributed by atoms with van der Waals surface area (Å²) < 4.78 is 5.73. The molecule has 2 rings (SSSR count). The molecule has 2 aromatic heterocycles. The van der Waals surface area contributed by atoms with Crippen molar-refractivity contribution in [1.29, 1.82) is 0 Å². The highest BCUT2D eigenvalue weighted by atomic mass is 32.1. The summed E-state index contributed by atoms with van der Waals surface area (Å²) in [6, 6.07) is 4.01. The van der Waals surface area contributed by atoms with Gasteiger partial charge in [-0.1, -0.05) is 0 Å². The van der Waals surface area contributed by atoms with E-state index in [1.54, 1.807) is 17.5 Å². The average Bonchev–Trinajstić information content (AvgIpc) is 2.70. The molecule has 0 bridgehead atoms. The lowest BCUT2D eigenvalue weighted by atomic mass is 10.2. The van der Waals surface area contributed by atoms with Gasteiger partial charge >= 0.3 is 0 Å². The van der Waals surface area contributed by atoms with Crippen LogP contribution in [0.25, 0.3) is 0 Å². The molecule has 0 aliphatic carbocycles. The molecule has 1 N–H and O–H groups in total. The lowest BCUT2D eigenvalue weighted by Crippen LogP contribution is -2.13. The molecular formula is C15H21N3OS. The molecule has 0 saturated carbocycles. The number of nitrogens with zero attached hydrogens (tertiary/aromatic N) is 2. The largest absolute Gasteiger partial charge is 0.473 e. The second-order valence-corrected chi connectivity index (χ2v) is 6.47. The summed E-state index contributed by atoms with van der Waals surface area (Å²) in [4.78, 5) is 10.1. The Morgan fingerprint density at radius 3 is 2.60 bits per heavy atom. The van der Waals surface area contributed by atoms with Crippen molar-refractivity contribution in [1.82, 2.24) is 9.97 Å². The van der Waals surface area contributed by atoms with Crippen LogP contribution >= 0.6 is 11.3 Å². The summed E-state index contributed by atoms with van der Waals surface area (Å²) in [5.74, 6) is 0.638. The van der Waals surface area contributed by atoms with E-state index in [0.717, 1.165) is 16.4 Å². The Labute approximate surface area is 124 Å². The van der Waals surface area contributed by atoms with E-state index in [1.165, 1.54) is 4.88 Å². The fraction of sp³-hybridized carbons (Fsp3) is 0.467. The summed E-state index contributed by atoms with van der Waals surface area (Å²) >= 11 is 1.72. The molecule has 20 heavy (non-hydrogen) atoms. The molecule has 5 heteroatoms. The zero-order chi connectivity index (χ0) is 14.7. The van der Waals surface area contributed by atoms with Gasteiger partial charge in [-0.3, -0.25) is 0 Å². The Balaban J connectivity index is 2.19. The van der Waals surface area contributed by atoms with Crippen LogP contribution in [0.5, 0.6) is 5.88 Å². The normalized spacial score (nSPS) is 12.5. The van der Waals surface area contributed by atoms with Gasteiger partial charge in [0.05, 0.1) is 28.5 Å². The fourth-order valence-electron chi connectivity index (χ4n) is 2.07. The topological polar surface area (TPSA) is 47.0 Å². The Morgan fingerprint density at radius 2 is 2.00 bits per heavy atom. The Hall–Kier alpha value is -1.62. The van der Waals surface area contributed by atoms with E-state index in [-0.39, 0.29) is 12.1 Å². The minimum absolute atomic E-state index is 0.101. The lowest BCUT2D eigenvalue weighted by molar-refractivity contribution is 0.234. The minimum atomic E-state index is 0.101. The fourth-order valence-corrected chi connectivity index (χ4v) is 2.98. The molecule has 0 aliphatic heterocycles. The van der Waals surface area contributed by atoms with E-state index >= 15 is 0 Å². The first-order valence-electron chi connectivity index (χ1n) is 6.79. The number of aryl methyl sites for hydroxylation is 2. The molecule has 0 amide bonds. The lowest BCUT2D eigenvalue weighted by Gasteiger charge is -2.18. The van der Waals surface area contributed by atoms with Gasteiger partial charge in [0.2, 0.25) is 5.88 Å². The summed E-state index contributed by atoms with van der Waals surface area (Å²) in [5, 5.41) is 4.54. The summed E-state index contributed by atoms with van der Waals surface area (Å²) in [7, 11) is 0. The van der Waals surface area contributed by atoms with Crippen molar-refractivity contribution >= 4 is 17.0 Å². The van der Waals surface area contributed by atoms with Crippen LogP contribution in [0.3, 0.4) is 0 Å². The number of aromatic nitrogens is 2. The van der Waals surface area contributed by atoms with Crippen LogP contribution in [0.1, 0.15) is 42.4 Å². The summed E-state index contributed by atoms with van der Waals surface area (Å²) in [5.41, 5.74) is 1.99. The zero-order valence-electron chi connectivity index (χ0n) is 12.6. The van der Waals surface area contributed by atoms with E-state index in [1.807, 2.05) is 32.9 Å². The maximum Gasteiger partial charge on any atom is 0.237 e. The first kappa shape index (κ1) is 14.8. The second kappa shape index (κ2) is 6.22. The van der Waals surface area contributed by atoms with Crippen molar-refractivity contribution in [2.45, 2.75) is 46.8 Å². The van der Waals surface area contributed by atoms with Gasteiger partial charge in [-0.2, -0.15) is 0 Å². The van der Waals surface area contributed by atoms with Gasteiger partial charge in [-0.25, -0.2) is 9.97 Å². The first-order valence-corrected chi connectivity index (χ1v) is 7.61. The third-order valence-corrected chi connectivity index (χ3v) is 3.74. The number of hydrogen-bond acceptors (Lipinski definition) is 5. The molecule has 0 aliphatic rings. The third kappa shape index (κ3) is 3.48. The van der Waals surface area contributed by atoms with Crippen molar-refractivity contribution < 1.29 is 4.74 Å².